The molecule has 2 N–H and O–H groups in total. The lowest BCUT2D eigenvalue weighted by molar-refractivity contribution is -0.165. The van der Waals surface area contributed by atoms with E-state index >= 15 is 0 Å². The van der Waals surface area contributed by atoms with Crippen molar-refractivity contribution in [3.05, 3.63) is 48.0 Å². The molecule has 3 amide bonds. The summed E-state index contributed by atoms with van der Waals surface area (Å²) in [5.41, 5.74) is 0.385. The molecule has 0 radical (unpaired) electrons. The average Bonchev–Trinajstić information content (AvgIpc) is 3.27. The summed E-state index contributed by atoms with van der Waals surface area (Å²) in [5.74, 6) is -2.17. The Morgan fingerprint density at radius 1 is 1.05 bits per heavy atom. The van der Waals surface area contributed by atoms with Crippen LogP contribution in [0.4, 0.5) is 0 Å². The van der Waals surface area contributed by atoms with Crippen LogP contribution in [0.15, 0.2) is 42.5 Å². The molecule has 4 rings (SSSR count). The van der Waals surface area contributed by atoms with Gasteiger partial charge in [0.05, 0.1) is 12.2 Å². The van der Waals surface area contributed by atoms with Crippen LogP contribution in [-0.2, 0) is 33.9 Å². The third kappa shape index (κ3) is 6.70. The van der Waals surface area contributed by atoms with E-state index in [0.717, 1.165) is 0 Å². The van der Waals surface area contributed by atoms with Gasteiger partial charge in [0.2, 0.25) is 28.1 Å². The first kappa shape index (κ1) is 29.7. The zero-order valence-electron chi connectivity index (χ0n) is 22.7. The maximum Gasteiger partial charge on any atom is 0.310 e. The summed E-state index contributed by atoms with van der Waals surface area (Å²) in [6, 6.07) is 4.89. The van der Waals surface area contributed by atoms with Crippen molar-refractivity contribution in [2.45, 2.75) is 70.0 Å². The molecule has 13 heteroatoms. The zero-order valence-corrected chi connectivity index (χ0v) is 23.5. The highest BCUT2D eigenvalue weighted by Crippen LogP contribution is 2.26. The Hall–Kier alpha value is -3.29. The lowest BCUT2D eigenvalue weighted by Crippen LogP contribution is -2.68. The molecule has 12 nitrogen and oxygen atoms in total. The standard InChI is InChI=1S/C27H36N4O8S/c1-3-14-40(36,37)30-16-19-12-8-9-13-20(28-24(33)18-10-6-5-7-11-18)26(35)31(19)22(17-30)25(34)29-21-15-23(32)39-27(21)38-4-2/h5-11,19-22,27H,3-4,12-17H2,1-2H3,(H,28,33)(H,29,34)/b9-8-/t19-,20-,21?,22-,27?/m0/s1. The largest absolute Gasteiger partial charge is 0.433 e. The predicted octanol–water partition coefficient (Wildman–Crippen LogP) is 0.551. The number of nitrogens with zero attached hydrogens (tertiary/aromatic N) is 2. The molecule has 2 fully saturated rings. The molecule has 5 atom stereocenters. The number of ether oxygens (including phenoxy) is 2. The van der Waals surface area contributed by atoms with Crippen molar-refractivity contribution in [2.75, 3.05) is 25.4 Å². The fourth-order valence-electron chi connectivity index (χ4n) is 5.24. The van der Waals surface area contributed by atoms with E-state index in [1.165, 1.54) is 9.21 Å². The molecule has 218 valence electrons. The van der Waals surface area contributed by atoms with Gasteiger partial charge in [0.25, 0.3) is 5.91 Å². The number of hydrogen-bond donors (Lipinski definition) is 2. The molecule has 40 heavy (non-hydrogen) atoms. The quantitative estimate of drug-likeness (QED) is 0.320. The van der Waals surface area contributed by atoms with Crippen molar-refractivity contribution in [1.82, 2.24) is 19.8 Å². The number of nitrogens with one attached hydrogen (secondary N) is 2. The molecule has 3 aliphatic heterocycles. The van der Waals surface area contributed by atoms with E-state index in [4.69, 9.17) is 9.47 Å². The van der Waals surface area contributed by atoms with Crippen LogP contribution < -0.4 is 10.6 Å². The second kappa shape index (κ2) is 12.9. The maximum absolute atomic E-state index is 14.0. The van der Waals surface area contributed by atoms with Crippen molar-refractivity contribution >= 4 is 33.7 Å². The van der Waals surface area contributed by atoms with Crippen LogP contribution in [0.1, 0.15) is 49.9 Å². The topological polar surface area (TPSA) is 151 Å². The highest BCUT2D eigenvalue weighted by atomic mass is 32.2. The first-order valence-electron chi connectivity index (χ1n) is 13.6. The SMILES string of the molecule is CCCS(=O)(=O)N1C[C@@H]2C/C=C\C[C@H](NC(=O)c3ccccc3)C(=O)N2[C@H](C(=O)NC2CC(=O)OC2OCC)C1. The van der Waals surface area contributed by atoms with Crippen molar-refractivity contribution < 1.29 is 37.1 Å². The van der Waals surface area contributed by atoms with Crippen LogP contribution in [0.3, 0.4) is 0 Å². The smallest absolute Gasteiger partial charge is 0.310 e. The third-order valence-electron chi connectivity index (χ3n) is 7.14. The number of piperazine rings is 1. The molecule has 1 aromatic rings. The monoisotopic (exact) mass is 576 g/mol. The van der Waals surface area contributed by atoms with Crippen LogP contribution in [0.5, 0.6) is 0 Å². The Balaban J connectivity index is 1.63. The molecular weight excluding hydrogens is 540 g/mol. The summed E-state index contributed by atoms with van der Waals surface area (Å²) in [5, 5.41) is 5.54. The maximum atomic E-state index is 14.0. The Bertz CT molecular complexity index is 1240. The number of carbonyl (C=O) groups excluding carboxylic acids is 4. The van der Waals surface area contributed by atoms with Crippen LogP contribution in [-0.4, -0.2) is 97.2 Å². The van der Waals surface area contributed by atoms with Gasteiger partial charge in [-0.15, -0.1) is 0 Å². The number of hydrogen-bond acceptors (Lipinski definition) is 8. The molecule has 0 aliphatic carbocycles. The number of carbonyl (C=O) groups is 4. The van der Waals surface area contributed by atoms with E-state index in [9.17, 15) is 27.6 Å². The second-order valence-corrected chi connectivity index (χ2v) is 12.1. The van der Waals surface area contributed by atoms with E-state index < -0.39 is 64.2 Å². The Morgan fingerprint density at radius 3 is 2.48 bits per heavy atom. The van der Waals surface area contributed by atoms with Gasteiger partial charge in [0.1, 0.15) is 18.1 Å². The van der Waals surface area contributed by atoms with E-state index in [0.29, 0.717) is 18.4 Å². The van der Waals surface area contributed by atoms with Gasteiger partial charge in [0.15, 0.2) is 0 Å². The first-order valence-corrected chi connectivity index (χ1v) is 15.2. The lowest BCUT2D eigenvalue weighted by Gasteiger charge is -2.47. The van der Waals surface area contributed by atoms with Crippen LogP contribution in [0.2, 0.25) is 0 Å². The number of cyclic esters (lactones) is 1. The molecule has 0 saturated carbocycles. The summed E-state index contributed by atoms with van der Waals surface area (Å²) in [4.78, 5) is 54.0. The van der Waals surface area contributed by atoms with Gasteiger partial charge >= 0.3 is 5.97 Å². The van der Waals surface area contributed by atoms with Crippen molar-refractivity contribution in [1.29, 1.82) is 0 Å². The summed E-state index contributed by atoms with van der Waals surface area (Å²) in [6.45, 7) is 3.50. The van der Waals surface area contributed by atoms with E-state index in [-0.39, 0.29) is 38.3 Å². The molecule has 1 aromatic carbocycles. The van der Waals surface area contributed by atoms with E-state index in [2.05, 4.69) is 10.6 Å². The van der Waals surface area contributed by atoms with E-state index in [1.807, 2.05) is 6.08 Å². The molecule has 2 saturated heterocycles. The second-order valence-electron chi connectivity index (χ2n) is 10.0. The highest BCUT2D eigenvalue weighted by molar-refractivity contribution is 7.89. The van der Waals surface area contributed by atoms with Gasteiger partial charge in [-0.2, -0.15) is 4.31 Å². The summed E-state index contributed by atoms with van der Waals surface area (Å²) in [7, 11) is -3.69. The number of fused-ring (bicyclic) bond motifs is 1. The first-order chi connectivity index (χ1) is 19.1. The zero-order chi connectivity index (χ0) is 28.9. The average molecular weight is 577 g/mol. The predicted molar refractivity (Wildman–Crippen MR) is 144 cm³/mol. The van der Waals surface area contributed by atoms with Crippen LogP contribution in [0.25, 0.3) is 0 Å². The van der Waals surface area contributed by atoms with Crippen molar-refractivity contribution in [3.8, 4) is 0 Å². The highest BCUT2D eigenvalue weighted by Gasteiger charge is 2.47. The van der Waals surface area contributed by atoms with Crippen LogP contribution in [0, 0.1) is 0 Å². The Kier molecular flexibility index (Phi) is 9.59. The minimum Gasteiger partial charge on any atom is -0.433 e. The van der Waals surface area contributed by atoms with Gasteiger partial charge in [-0.1, -0.05) is 37.3 Å². The van der Waals surface area contributed by atoms with Crippen LogP contribution >= 0.6 is 0 Å². The van der Waals surface area contributed by atoms with Gasteiger partial charge in [-0.3, -0.25) is 19.2 Å². The molecular formula is C27H36N4O8S. The normalized spacial score (nSPS) is 28.1. The molecule has 0 bridgehead atoms. The van der Waals surface area contributed by atoms with E-state index in [1.54, 1.807) is 50.3 Å². The number of sulfonamides is 1. The molecule has 3 aliphatic rings. The Morgan fingerprint density at radius 2 is 1.77 bits per heavy atom. The minimum absolute atomic E-state index is 0.0220. The molecule has 2 unspecified atom stereocenters. The third-order valence-corrected chi connectivity index (χ3v) is 9.15. The number of benzene rings is 1. The summed E-state index contributed by atoms with van der Waals surface area (Å²) < 4.78 is 38.0. The molecule has 3 heterocycles. The fraction of sp³-hybridized carbons (Fsp3) is 0.556. The minimum atomic E-state index is -3.69. The number of rotatable bonds is 9. The Labute approximate surface area is 234 Å². The molecule has 0 aromatic heterocycles. The van der Waals surface area contributed by atoms with Gasteiger partial charge in [-0.05, 0) is 38.3 Å². The number of amides is 3. The van der Waals surface area contributed by atoms with Gasteiger partial charge in [-0.25, -0.2) is 8.42 Å². The van der Waals surface area contributed by atoms with Crippen molar-refractivity contribution in [2.24, 2.45) is 0 Å². The van der Waals surface area contributed by atoms with Crippen molar-refractivity contribution in [3.63, 3.8) is 0 Å². The fourth-order valence-corrected chi connectivity index (χ4v) is 6.79. The summed E-state index contributed by atoms with van der Waals surface area (Å²) >= 11 is 0. The molecule has 0 spiro atoms. The van der Waals surface area contributed by atoms with Gasteiger partial charge < -0.3 is 25.0 Å². The number of esters is 1. The summed E-state index contributed by atoms with van der Waals surface area (Å²) in [6.07, 6.45) is 3.47. The van der Waals surface area contributed by atoms with Gasteiger partial charge in [0, 0.05) is 31.3 Å². The lowest BCUT2D eigenvalue weighted by atomic mass is 9.97.